The summed E-state index contributed by atoms with van der Waals surface area (Å²) in [4.78, 5) is 5.00. The van der Waals surface area contributed by atoms with Gasteiger partial charge < -0.3 is 15.5 Å². The Balaban J connectivity index is 2.38. The molecule has 1 rings (SSSR count). The van der Waals surface area contributed by atoms with Gasteiger partial charge in [-0.2, -0.15) is 0 Å². The molecule has 0 aromatic carbocycles. The Labute approximate surface area is 94.6 Å². The maximum Gasteiger partial charge on any atom is 0.0342 e. The molecule has 0 amide bonds. The summed E-state index contributed by atoms with van der Waals surface area (Å²) in [5, 5.41) is 0. The van der Waals surface area contributed by atoms with E-state index in [1.54, 1.807) is 0 Å². The summed E-state index contributed by atoms with van der Waals surface area (Å²) in [7, 11) is 2.20. The van der Waals surface area contributed by atoms with Crippen molar-refractivity contribution in [2.75, 3.05) is 39.8 Å². The zero-order valence-corrected chi connectivity index (χ0v) is 10.6. The lowest BCUT2D eigenvalue weighted by atomic mass is 10.1. The molecule has 0 spiro atoms. The van der Waals surface area contributed by atoms with E-state index >= 15 is 0 Å². The summed E-state index contributed by atoms with van der Waals surface area (Å²) in [6, 6.07) is 0.555. The van der Waals surface area contributed by atoms with Crippen LogP contribution in [0.25, 0.3) is 0 Å². The van der Waals surface area contributed by atoms with Crippen LogP contribution < -0.4 is 5.73 Å². The van der Waals surface area contributed by atoms with Gasteiger partial charge in [-0.15, -0.1) is 0 Å². The Morgan fingerprint density at radius 1 is 1.33 bits per heavy atom. The van der Waals surface area contributed by atoms with E-state index < -0.39 is 0 Å². The number of rotatable bonds is 4. The molecule has 1 heterocycles. The quantitative estimate of drug-likeness (QED) is 0.756. The van der Waals surface area contributed by atoms with Gasteiger partial charge in [0.1, 0.15) is 0 Å². The van der Waals surface area contributed by atoms with Crippen molar-refractivity contribution < 1.29 is 0 Å². The van der Waals surface area contributed by atoms with Crippen LogP contribution in [0.4, 0.5) is 0 Å². The molecule has 90 valence electrons. The molecule has 1 aliphatic rings. The van der Waals surface area contributed by atoms with Crippen molar-refractivity contribution >= 4 is 0 Å². The minimum Gasteiger partial charge on any atom is -0.329 e. The Hall–Kier alpha value is -0.120. The van der Waals surface area contributed by atoms with Crippen LogP contribution in [0.15, 0.2) is 0 Å². The fourth-order valence-corrected chi connectivity index (χ4v) is 2.15. The molecule has 1 unspecified atom stereocenters. The molecular formula is C12H27N3. The van der Waals surface area contributed by atoms with Crippen molar-refractivity contribution in [1.82, 2.24) is 9.80 Å². The SMILES string of the molecule is CC(C)CCN1CCCN(C)C(CN)C1. The maximum absolute atomic E-state index is 5.81. The molecule has 2 N–H and O–H groups in total. The Kier molecular flexibility index (Phi) is 5.58. The van der Waals surface area contributed by atoms with Crippen molar-refractivity contribution in [3.05, 3.63) is 0 Å². The van der Waals surface area contributed by atoms with Crippen LogP contribution in [0.2, 0.25) is 0 Å². The van der Waals surface area contributed by atoms with Crippen molar-refractivity contribution in [3.63, 3.8) is 0 Å². The summed E-state index contributed by atoms with van der Waals surface area (Å²) in [6.45, 7) is 10.2. The third-order valence-corrected chi connectivity index (χ3v) is 3.37. The molecule has 1 atom stereocenters. The van der Waals surface area contributed by atoms with Crippen LogP contribution in [-0.2, 0) is 0 Å². The Bertz CT molecular complexity index is 170. The van der Waals surface area contributed by atoms with Gasteiger partial charge in [-0.1, -0.05) is 13.8 Å². The summed E-state index contributed by atoms with van der Waals surface area (Å²) in [5.74, 6) is 0.808. The molecule has 1 fully saturated rings. The molecule has 15 heavy (non-hydrogen) atoms. The average molecular weight is 213 g/mol. The number of hydrogen-bond donors (Lipinski definition) is 1. The van der Waals surface area contributed by atoms with Gasteiger partial charge in [0.15, 0.2) is 0 Å². The van der Waals surface area contributed by atoms with Gasteiger partial charge in [0.05, 0.1) is 0 Å². The minimum absolute atomic E-state index is 0.555. The number of nitrogens with two attached hydrogens (primary N) is 1. The maximum atomic E-state index is 5.81. The van der Waals surface area contributed by atoms with E-state index in [4.69, 9.17) is 5.73 Å². The van der Waals surface area contributed by atoms with Gasteiger partial charge in [-0.3, -0.25) is 0 Å². The van der Waals surface area contributed by atoms with E-state index in [1.165, 1.54) is 32.5 Å². The predicted molar refractivity (Wildman–Crippen MR) is 66.0 cm³/mol. The van der Waals surface area contributed by atoms with Crippen molar-refractivity contribution in [1.29, 1.82) is 0 Å². The van der Waals surface area contributed by atoms with Crippen LogP contribution in [0.5, 0.6) is 0 Å². The second kappa shape index (κ2) is 6.46. The van der Waals surface area contributed by atoms with E-state index in [0.29, 0.717) is 6.04 Å². The number of likely N-dealkylation sites (N-methyl/N-ethyl adjacent to an activating group) is 1. The molecular weight excluding hydrogens is 186 g/mol. The minimum atomic E-state index is 0.555. The topological polar surface area (TPSA) is 32.5 Å². The third kappa shape index (κ3) is 4.49. The second-order valence-corrected chi connectivity index (χ2v) is 5.21. The molecule has 3 heteroatoms. The van der Waals surface area contributed by atoms with Gasteiger partial charge in [0, 0.05) is 19.1 Å². The van der Waals surface area contributed by atoms with Gasteiger partial charge in [0.2, 0.25) is 0 Å². The highest BCUT2D eigenvalue weighted by Gasteiger charge is 2.20. The highest BCUT2D eigenvalue weighted by Crippen LogP contribution is 2.09. The zero-order valence-electron chi connectivity index (χ0n) is 10.6. The number of nitrogens with zero attached hydrogens (tertiary/aromatic N) is 2. The largest absolute Gasteiger partial charge is 0.329 e. The summed E-state index contributed by atoms with van der Waals surface area (Å²) in [5.41, 5.74) is 5.81. The first kappa shape index (κ1) is 12.9. The summed E-state index contributed by atoms with van der Waals surface area (Å²) in [6.07, 6.45) is 2.59. The lowest BCUT2D eigenvalue weighted by Gasteiger charge is -2.28. The highest BCUT2D eigenvalue weighted by molar-refractivity contribution is 4.78. The molecule has 1 saturated heterocycles. The van der Waals surface area contributed by atoms with Crippen LogP contribution in [0, 0.1) is 5.92 Å². The van der Waals surface area contributed by atoms with E-state index in [-0.39, 0.29) is 0 Å². The zero-order chi connectivity index (χ0) is 11.3. The van der Waals surface area contributed by atoms with E-state index in [9.17, 15) is 0 Å². The normalized spacial score (nSPS) is 25.8. The van der Waals surface area contributed by atoms with Crippen molar-refractivity contribution in [3.8, 4) is 0 Å². The summed E-state index contributed by atoms with van der Waals surface area (Å²) >= 11 is 0. The second-order valence-electron chi connectivity index (χ2n) is 5.21. The van der Waals surface area contributed by atoms with Crippen LogP contribution >= 0.6 is 0 Å². The van der Waals surface area contributed by atoms with E-state index in [0.717, 1.165) is 19.0 Å². The van der Waals surface area contributed by atoms with Gasteiger partial charge >= 0.3 is 0 Å². The fraction of sp³-hybridized carbons (Fsp3) is 1.00. The predicted octanol–water partition coefficient (Wildman–Crippen LogP) is 0.997. The third-order valence-electron chi connectivity index (χ3n) is 3.37. The summed E-state index contributed by atoms with van der Waals surface area (Å²) < 4.78 is 0. The monoisotopic (exact) mass is 213 g/mol. The van der Waals surface area contributed by atoms with Crippen molar-refractivity contribution in [2.24, 2.45) is 11.7 Å². The van der Waals surface area contributed by atoms with E-state index in [2.05, 4.69) is 30.7 Å². The first-order chi connectivity index (χ1) is 7.13. The van der Waals surface area contributed by atoms with Crippen LogP contribution in [0.1, 0.15) is 26.7 Å². The van der Waals surface area contributed by atoms with Gasteiger partial charge in [-0.25, -0.2) is 0 Å². The van der Waals surface area contributed by atoms with Gasteiger partial charge in [-0.05, 0) is 45.4 Å². The lowest BCUT2D eigenvalue weighted by Crippen LogP contribution is -2.44. The fourth-order valence-electron chi connectivity index (χ4n) is 2.15. The molecule has 0 aromatic heterocycles. The van der Waals surface area contributed by atoms with Crippen LogP contribution in [0.3, 0.4) is 0 Å². The molecule has 0 aromatic rings. The van der Waals surface area contributed by atoms with E-state index in [1.807, 2.05) is 0 Å². The molecule has 3 nitrogen and oxygen atoms in total. The molecule has 0 radical (unpaired) electrons. The van der Waals surface area contributed by atoms with Crippen LogP contribution in [-0.4, -0.2) is 55.6 Å². The first-order valence-corrected chi connectivity index (χ1v) is 6.26. The smallest absolute Gasteiger partial charge is 0.0342 e. The molecule has 1 aliphatic heterocycles. The highest BCUT2D eigenvalue weighted by atomic mass is 15.2. The molecule has 0 saturated carbocycles. The number of hydrogen-bond acceptors (Lipinski definition) is 3. The standard InChI is InChI=1S/C12H27N3/c1-11(2)5-8-15-7-4-6-14(3)12(9-13)10-15/h11-12H,4-10,13H2,1-3H3. The molecule has 0 bridgehead atoms. The molecule has 0 aliphatic carbocycles. The average Bonchev–Trinajstić information content (AvgIpc) is 2.37. The first-order valence-electron chi connectivity index (χ1n) is 6.26. The Morgan fingerprint density at radius 3 is 2.67 bits per heavy atom. The lowest BCUT2D eigenvalue weighted by molar-refractivity contribution is 0.206. The Morgan fingerprint density at radius 2 is 2.07 bits per heavy atom. The van der Waals surface area contributed by atoms with Gasteiger partial charge in [0.25, 0.3) is 0 Å². The van der Waals surface area contributed by atoms with Crippen molar-refractivity contribution in [2.45, 2.75) is 32.7 Å².